The molecule has 0 bridgehead atoms. The van der Waals surface area contributed by atoms with Gasteiger partial charge in [0.2, 0.25) is 0 Å². The van der Waals surface area contributed by atoms with Crippen molar-refractivity contribution in [1.82, 2.24) is 15.1 Å². The van der Waals surface area contributed by atoms with Crippen molar-refractivity contribution in [3.05, 3.63) is 22.5 Å². The minimum absolute atomic E-state index is 0.00660. The molecule has 2 aliphatic rings. The fourth-order valence-electron chi connectivity index (χ4n) is 2.90. The molecule has 0 unspecified atom stereocenters. The molecule has 2 atom stereocenters. The molecule has 10 heteroatoms. The maximum atomic E-state index is 12.0. The zero-order valence-corrected chi connectivity index (χ0v) is 16.7. The van der Waals surface area contributed by atoms with Crippen LogP contribution in [0, 0.1) is 6.92 Å². The quantitative estimate of drug-likeness (QED) is 0.556. The van der Waals surface area contributed by atoms with Crippen LogP contribution >= 0.6 is 11.6 Å². The lowest BCUT2D eigenvalue weighted by Crippen LogP contribution is -2.36. The number of sulfone groups is 1. The van der Waals surface area contributed by atoms with Crippen LogP contribution in [-0.4, -0.2) is 53.7 Å². The number of hydrogen-bond donors (Lipinski definition) is 1. The van der Waals surface area contributed by atoms with Crippen LogP contribution < -0.4 is 5.32 Å². The minimum Gasteiger partial charge on any atom is -0.449 e. The van der Waals surface area contributed by atoms with Gasteiger partial charge in [0, 0.05) is 17.7 Å². The molecule has 1 aliphatic heterocycles. The average Bonchev–Trinajstić information content (AvgIpc) is 3.26. The van der Waals surface area contributed by atoms with Crippen LogP contribution in [0.25, 0.3) is 6.08 Å². The van der Waals surface area contributed by atoms with Crippen LogP contribution in [0.2, 0.25) is 5.15 Å². The molecular weight excluding hydrogens is 394 g/mol. The number of carbonyl (C=O) groups excluding carboxylic acids is 2. The van der Waals surface area contributed by atoms with Gasteiger partial charge < -0.3 is 10.1 Å². The highest BCUT2D eigenvalue weighted by Crippen LogP contribution is 2.30. The number of esters is 1. The SMILES string of the molecule is Cc1nn([C@H]2CCS(=O)(=O)C2)c(Cl)c1/C=C/C(=O)O[C@@H](C)C(=O)NC1CC1. The molecule has 1 N–H and O–H groups in total. The average molecular weight is 416 g/mol. The van der Waals surface area contributed by atoms with Crippen molar-refractivity contribution >= 4 is 39.4 Å². The lowest BCUT2D eigenvalue weighted by molar-refractivity contribution is -0.150. The summed E-state index contributed by atoms with van der Waals surface area (Å²) in [5, 5.41) is 7.36. The molecule has 1 saturated heterocycles. The molecule has 148 valence electrons. The number of halogens is 1. The third-order valence-corrected chi connectivity index (χ3v) is 6.72. The second-order valence-electron chi connectivity index (χ2n) is 6.99. The molecule has 1 aromatic heterocycles. The Morgan fingerprint density at radius 2 is 2.07 bits per heavy atom. The van der Waals surface area contributed by atoms with Crippen LogP contribution in [-0.2, 0) is 24.2 Å². The largest absolute Gasteiger partial charge is 0.449 e. The van der Waals surface area contributed by atoms with E-state index in [4.69, 9.17) is 16.3 Å². The normalized spacial score (nSPS) is 22.7. The van der Waals surface area contributed by atoms with Crippen molar-refractivity contribution in [3.63, 3.8) is 0 Å². The van der Waals surface area contributed by atoms with E-state index >= 15 is 0 Å². The molecule has 1 amide bonds. The third kappa shape index (κ3) is 4.90. The monoisotopic (exact) mass is 415 g/mol. The summed E-state index contributed by atoms with van der Waals surface area (Å²) in [6, 6.07) is -0.109. The van der Waals surface area contributed by atoms with Gasteiger partial charge in [-0.1, -0.05) is 11.6 Å². The number of rotatable bonds is 6. The highest BCUT2D eigenvalue weighted by molar-refractivity contribution is 7.91. The summed E-state index contributed by atoms with van der Waals surface area (Å²) in [6.07, 6.45) is 4.14. The molecular formula is C17H22ClN3O5S. The van der Waals surface area contributed by atoms with Crippen LogP contribution in [0.15, 0.2) is 6.08 Å². The van der Waals surface area contributed by atoms with Crippen LogP contribution in [0.4, 0.5) is 0 Å². The fraction of sp³-hybridized carbons (Fsp3) is 0.588. The Kier molecular flexibility index (Phi) is 5.62. The molecule has 0 spiro atoms. The number of carbonyl (C=O) groups is 2. The van der Waals surface area contributed by atoms with E-state index in [2.05, 4.69) is 10.4 Å². The number of aromatic nitrogens is 2. The summed E-state index contributed by atoms with van der Waals surface area (Å²) < 4.78 is 29.9. The standard InChI is InChI=1S/C17H22ClN3O5S/c1-10-14(16(18)21(20-10)13-7-8-27(24,25)9-13)5-6-15(22)26-11(2)17(23)19-12-3-4-12/h5-6,11-13H,3-4,7-9H2,1-2H3,(H,19,23)/b6-5+/t11-,13-/m0/s1. The van der Waals surface area contributed by atoms with Crippen molar-refractivity contribution in [2.75, 3.05) is 11.5 Å². The maximum Gasteiger partial charge on any atom is 0.331 e. The molecule has 0 aromatic carbocycles. The summed E-state index contributed by atoms with van der Waals surface area (Å²) in [6.45, 7) is 3.24. The van der Waals surface area contributed by atoms with E-state index in [-0.39, 0.29) is 34.6 Å². The summed E-state index contributed by atoms with van der Waals surface area (Å²) in [4.78, 5) is 23.8. The van der Waals surface area contributed by atoms with E-state index in [0.29, 0.717) is 17.7 Å². The summed E-state index contributed by atoms with van der Waals surface area (Å²) in [5.74, 6) is -0.860. The number of amides is 1. The number of nitrogens with one attached hydrogen (secondary N) is 1. The molecule has 8 nitrogen and oxygen atoms in total. The van der Waals surface area contributed by atoms with Crippen molar-refractivity contribution in [2.24, 2.45) is 0 Å². The summed E-state index contributed by atoms with van der Waals surface area (Å²) in [5.41, 5.74) is 1.10. The van der Waals surface area contributed by atoms with E-state index in [1.54, 1.807) is 6.92 Å². The number of hydrogen-bond acceptors (Lipinski definition) is 6. The Bertz CT molecular complexity index is 889. The van der Waals surface area contributed by atoms with Gasteiger partial charge in [-0.2, -0.15) is 5.10 Å². The van der Waals surface area contributed by atoms with Gasteiger partial charge in [0.25, 0.3) is 5.91 Å². The molecule has 0 radical (unpaired) electrons. The van der Waals surface area contributed by atoms with Gasteiger partial charge >= 0.3 is 5.97 Å². The minimum atomic E-state index is -3.07. The summed E-state index contributed by atoms with van der Waals surface area (Å²) in [7, 11) is -3.07. The molecule has 3 rings (SSSR count). The van der Waals surface area contributed by atoms with Crippen LogP contribution in [0.3, 0.4) is 0 Å². The van der Waals surface area contributed by atoms with Gasteiger partial charge in [-0.05, 0) is 39.2 Å². The van der Waals surface area contributed by atoms with E-state index < -0.39 is 21.9 Å². The Labute approximate surface area is 162 Å². The van der Waals surface area contributed by atoms with Crippen molar-refractivity contribution < 1.29 is 22.7 Å². The Balaban J connectivity index is 1.64. The smallest absolute Gasteiger partial charge is 0.331 e. The third-order valence-electron chi connectivity index (χ3n) is 4.60. The van der Waals surface area contributed by atoms with Crippen molar-refractivity contribution in [3.8, 4) is 0 Å². The number of aryl methyl sites for hydroxylation is 1. The molecule has 1 aromatic rings. The lowest BCUT2D eigenvalue weighted by Gasteiger charge is -2.11. The van der Waals surface area contributed by atoms with Gasteiger partial charge in [0.05, 0.1) is 23.2 Å². The Hall–Kier alpha value is -1.87. The van der Waals surface area contributed by atoms with Gasteiger partial charge in [-0.3, -0.25) is 4.79 Å². The Morgan fingerprint density at radius 1 is 1.37 bits per heavy atom. The predicted molar refractivity (Wildman–Crippen MR) is 100 cm³/mol. The lowest BCUT2D eigenvalue weighted by atomic mass is 10.2. The number of nitrogens with zero attached hydrogens (tertiary/aromatic N) is 2. The predicted octanol–water partition coefficient (Wildman–Crippen LogP) is 1.43. The number of ether oxygens (including phenoxy) is 1. The van der Waals surface area contributed by atoms with Crippen molar-refractivity contribution in [1.29, 1.82) is 0 Å². The van der Waals surface area contributed by atoms with Gasteiger partial charge in [0.15, 0.2) is 15.9 Å². The summed E-state index contributed by atoms with van der Waals surface area (Å²) >= 11 is 6.34. The second-order valence-corrected chi connectivity index (χ2v) is 9.57. The molecule has 27 heavy (non-hydrogen) atoms. The Morgan fingerprint density at radius 3 is 2.67 bits per heavy atom. The first kappa shape index (κ1) is 19.9. The molecule has 1 saturated carbocycles. The van der Waals surface area contributed by atoms with E-state index in [1.165, 1.54) is 23.8 Å². The molecule has 1 aliphatic carbocycles. The molecule has 2 heterocycles. The van der Waals surface area contributed by atoms with Crippen molar-refractivity contribution in [2.45, 2.75) is 51.3 Å². The zero-order chi connectivity index (χ0) is 19.8. The fourth-order valence-corrected chi connectivity index (χ4v) is 4.96. The van der Waals surface area contributed by atoms with Gasteiger partial charge in [-0.15, -0.1) is 0 Å². The van der Waals surface area contributed by atoms with Gasteiger partial charge in [0.1, 0.15) is 5.15 Å². The first-order valence-corrected chi connectivity index (χ1v) is 11.0. The first-order chi connectivity index (χ1) is 12.7. The zero-order valence-electron chi connectivity index (χ0n) is 15.1. The first-order valence-electron chi connectivity index (χ1n) is 8.80. The highest BCUT2D eigenvalue weighted by Gasteiger charge is 2.32. The van der Waals surface area contributed by atoms with E-state index in [1.807, 2.05) is 0 Å². The topological polar surface area (TPSA) is 107 Å². The molecule has 2 fully saturated rings. The van der Waals surface area contributed by atoms with E-state index in [9.17, 15) is 18.0 Å². The maximum absolute atomic E-state index is 12.0. The second kappa shape index (κ2) is 7.63. The van der Waals surface area contributed by atoms with Gasteiger partial charge in [-0.25, -0.2) is 17.9 Å². The highest BCUT2D eigenvalue weighted by atomic mass is 35.5. The van der Waals surface area contributed by atoms with Crippen LogP contribution in [0.1, 0.15) is 43.5 Å². The van der Waals surface area contributed by atoms with E-state index in [0.717, 1.165) is 12.8 Å². The van der Waals surface area contributed by atoms with Crippen LogP contribution in [0.5, 0.6) is 0 Å².